The van der Waals surface area contributed by atoms with Crippen molar-refractivity contribution in [2.45, 2.75) is 65.6 Å². The first kappa shape index (κ1) is 21.1. The van der Waals surface area contributed by atoms with Gasteiger partial charge in [-0.15, -0.1) is 0 Å². The first-order valence-electron chi connectivity index (χ1n) is 9.75. The van der Waals surface area contributed by atoms with Crippen molar-refractivity contribution >= 4 is 23.8 Å². The molecule has 1 saturated carbocycles. The van der Waals surface area contributed by atoms with Gasteiger partial charge < -0.3 is 19.1 Å². The van der Waals surface area contributed by atoms with E-state index in [9.17, 15) is 9.59 Å². The SMILES string of the molecule is COc1nc(N2CC3(CC3)C2)cnc1N(C(=O)OC(C)(C)C)C(=O)OC(C)(C)C. The van der Waals surface area contributed by atoms with Gasteiger partial charge in [-0.3, -0.25) is 0 Å². The van der Waals surface area contributed by atoms with E-state index < -0.39 is 23.4 Å². The molecule has 160 valence electrons. The van der Waals surface area contributed by atoms with Gasteiger partial charge in [0, 0.05) is 18.5 Å². The molecule has 1 aromatic rings. The van der Waals surface area contributed by atoms with Crippen molar-refractivity contribution in [1.82, 2.24) is 9.97 Å². The van der Waals surface area contributed by atoms with Gasteiger partial charge in [-0.05, 0) is 54.4 Å². The van der Waals surface area contributed by atoms with Crippen LogP contribution in [0, 0.1) is 5.41 Å². The molecule has 2 fully saturated rings. The van der Waals surface area contributed by atoms with Crippen LogP contribution < -0.4 is 14.5 Å². The fourth-order valence-electron chi connectivity index (χ4n) is 3.08. The number of carbonyl (C=O) groups is 2. The number of hydrogen-bond donors (Lipinski definition) is 0. The molecule has 29 heavy (non-hydrogen) atoms. The van der Waals surface area contributed by atoms with Crippen LogP contribution in [0.3, 0.4) is 0 Å². The van der Waals surface area contributed by atoms with Crippen molar-refractivity contribution in [1.29, 1.82) is 0 Å². The Balaban J connectivity index is 1.90. The summed E-state index contributed by atoms with van der Waals surface area (Å²) in [5.74, 6) is 0.633. The summed E-state index contributed by atoms with van der Waals surface area (Å²) in [6, 6.07) is 0. The Hall–Kier alpha value is -2.58. The highest BCUT2D eigenvalue weighted by Crippen LogP contribution is 2.53. The summed E-state index contributed by atoms with van der Waals surface area (Å²) in [4.78, 5) is 37.2. The Morgan fingerprint density at radius 1 is 1.03 bits per heavy atom. The Bertz CT molecular complexity index is 772. The van der Waals surface area contributed by atoms with Gasteiger partial charge in [-0.2, -0.15) is 9.88 Å². The lowest BCUT2D eigenvalue weighted by molar-refractivity contribution is 0.0427. The standard InChI is InChI=1S/C20H30N4O5/c1-18(2,3)28-16(25)24(17(26)29-19(4,5)6)14-15(27-7)22-13(10-21-14)23-11-20(12-23)8-9-20/h10H,8-9,11-12H2,1-7H3. The molecule has 1 spiro atoms. The van der Waals surface area contributed by atoms with Crippen LogP contribution in [0.15, 0.2) is 6.20 Å². The largest absolute Gasteiger partial charge is 0.478 e. The lowest BCUT2D eigenvalue weighted by Gasteiger charge is -2.40. The number of amides is 2. The molecule has 1 aliphatic heterocycles. The second kappa shape index (κ2) is 7.03. The van der Waals surface area contributed by atoms with E-state index in [1.807, 2.05) is 0 Å². The zero-order chi connectivity index (χ0) is 21.6. The number of hydrogen-bond acceptors (Lipinski definition) is 8. The lowest BCUT2D eigenvalue weighted by atomic mass is 9.97. The quantitative estimate of drug-likeness (QED) is 0.749. The van der Waals surface area contributed by atoms with Crippen molar-refractivity contribution in [2.75, 3.05) is 30.0 Å². The smallest absolute Gasteiger partial charge is 0.425 e. The Morgan fingerprint density at radius 3 is 1.97 bits per heavy atom. The monoisotopic (exact) mass is 406 g/mol. The molecule has 2 amide bonds. The number of ether oxygens (including phenoxy) is 3. The molecule has 0 radical (unpaired) electrons. The van der Waals surface area contributed by atoms with Crippen LogP contribution in [-0.4, -0.2) is 53.6 Å². The van der Waals surface area contributed by atoms with Gasteiger partial charge in [0.15, 0.2) is 5.82 Å². The van der Waals surface area contributed by atoms with Gasteiger partial charge in [0.05, 0.1) is 13.3 Å². The molecular formula is C20H30N4O5. The molecule has 0 aromatic carbocycles. The molecule has 2 heterocycles. The molecular weight excluding hydrogens is 376 g/mol. The molecule has 0 atom stereocenters. The predicted octanol–water partition coefficient (Wildman–Crippen LogP) is 3.76. The van der Waals surface area contributed by atoms with Crippen molar-refractivity contribution in [2.24, 2.45) is 5.41 Å². The zero-order valence-corrected chi connectivity index (χ0v) is 18.2. The van der Waals surface area contributed by atoms with E-state index in [0.717, 1.165) is 18.0 Å². The van der Waals surface area contributed by atoms with Gasteiger partial charge in [-0.1, -0.05) is 0 Å². The van der Waals surface area contributed by atoms with Crippen molar-refractivity contribution in [3.05, 3.63) is 6.20 Å². The molecule has 1 aliphatic carbocycles. The summed E-state index contributed by atoms with van der Waals surface area (Å²) in [6.45, 7) is 12.1. The van der Waals surface area contributed by atoms with E-state index in [4.69, 9.17) is 14.2 Å². The van der Waals surface area contributed by atoms with Crippen LogP contribution in [0.1, 0.15) is 54.4 Å². The summed E-state index contributed by atoms with van der Waals surface area (Å²) in [5, 5.41) is 0. The minimum atomic E-state index is -0.909. The van der Waals surface area contributed by atoms with Crippen molar-refractivity contribution < 1.29 is 23.8 Å². The topological polar surface area (TPSA) is 94.1 Å². The average molecular weight is 406 g/mol. The zero-order valence-electron chi connectivity index (χ0n) is 18.2. The maximum absolute atomic E-state index is 12.8. The molecule has 0 unspecified atom stereocenters. The van der Waals surface area contributed by atoms with Gasteiger partial charge in [0.2, 0.25) is 5.82 Å². The molecule has 0 bridgehead atoms. The normalized spacial score (nSPS) is 17.4. The number of nitrogens with zero attached hydrogens (tertiary/aromatic N) is 4. The summed E-state index contributed by atoms with van der Waals surface area (Å²) >= 11 is 0. The molecule has 2 aliphatic rings. The number of aromatic nitrogens is 2. The van der Waals surface area contributed by atoms with Crippen LogP contribution in [0.5, 0.6) is 5.88 Å². The number of rotatable bonds is 3. The van der Waals surface area contributed by atoms with Crippen LogP contribution in [0.25, 0.3) is 0 Å². The number of anilines is 2. The minimum Gasteiger partial charge on any atom is -0.478 e. The second-order valence-electron chi connectivity index (χ2n) is 9.71. The summed E-state index contributed by atoms with van der Waals surface area (Å²) in [6.07, 6.45) is 2.21. The molecule has 3 rings (SSSR count). The lowest BCUT2D eigenvalue weighted by Crippen LogP contribution is -2.49. The molecule has 1 aromatic heterocycles. The van der Waals surface area contributed by atoms with Gasteiger partial charge >= 0.3 is 12.2 Å². The predicted molar refractivity (Wildman–Crippen MR) is 107 cm³/mol. The maximum atomic E-state index is 12.8. The fourth-order valence-corrected chi connectivity index (χ4v) is 3.08. The highest BCUT2D eigenvalue weighted by atomic mass is 16.6. The first-order chi connectivity index (χ1) is 13.3. The minimum absolute atomic E-state index is 0.0518. The number of imide groups is 1. The fraction of sp³-hybridized carbons (Fsp3) is 0.700. The van der Waals surface area contributed by atoms with Crippen LogP contribution in [0.2, 0.25) is 0 Å². The van der Waals surface area contributed by atoms with Crippen molar-refractivity contribution in [3.8, 4) is 5.88 Å². The third-order valence-electron chi connectivity index (χ3n) is 4.60. The Kier molecular flexibility index (Phi) is 5.13. The highest BCUT2D eigenvalue weighted by molar-refractivity contribution is 6.09. The number of carbonyl (C=O) groups excluding carboxylic acids is 2. The van der Waals surface area contributed by atoms with Crippen LogP contribution >= 0.6 is 0 Å². The van der Waals surface area contributed by atoms with E-state index in [0.29, 0.717) is 11.2 Å². The van der Waals surface area contributed by atoms with E-state index >= 15 is 0 Å². The third kappa shape index (κ3) is 4.89. The molecule has 9 nitrogen and oxygen atoms in total. The maximum Gasteiger partial charge on any atom is 0.425 e. The highest BCUT2D eigenvalue weighted by Gasteiger charge is 2.53. The molecule has 0 N–H and O–H groups in total. The van der Waals surface area contributed by atoms with E-state index in [-0.39, 0.29) is 11.7 Å². The molecule has 1 saturated heterocycles. The summed E-state index contributed by atoms with van der Waals surface area (Å²) in [5.41, 5.74) is -1.17. The van der Waals surface area contributed by atoms with Crippen LogP contribution in [-0.2, 0) is 9.47 Å². The van der Waals surface area contributed by atoms with Gasteiger partial charge in [0.25, 0.3) is 5.88 Å². The number of methoxy groups -OCH3 is 1. The van der Waals surface area contributed by atoms with E-state index in [1.54, 1.807) is 41.5 Å². The van der Waals surface area contributed by atoms with Crippen molar-refractivity contribution in [3.63, 3.8) is 0 Å². The summed E-state index contributed by atoms with van der Waals surface area (Å²) in [7, 11) is 1.41. The average Bonchev–Trinajstić information content (AvgIpc) is 3.31. The third-order valence-corrected chi connectivity index (χ3v) is 4.60. The Labute approximate surface area is 171 Å². The van der Waals surface area contributed by atoms with Gasteiger partial charge in [-0.25, -0.2) is 14.6 Å². The summed E-state index contributed by atoms with van der Waals surface area (Å²) < 4.78 is 16.1. The van der Waals surface area contributed by atoms with E-state index in [1.165, 1.54) is 26.1 Å². The van der Waals surface area contributed by atoms with Crippen LogP contribution in [0.4, 0.5) is 21.2 Å². The van der Waals surface area contributed by atoms with Gasteiger partial charge in [0.1, 0.15) is 11.2 Å². The molecule has 9 heteroatoms. The Morgan fingerprint density at radius 2 is 1.55 bits per heavy atom. The second-order valence-corrected chi connectivity index (χ2v) is 9.71. The first-order valence-corrected chi connectivity index (χ1v) is 9.75. The van der Waals surface area contributed by atoms with E-state index in [2.05, 4.69) is 14.9 Å².